The van der Waals surface area contributed by atoms with Crippen molar-refractivity contribution in [1.29, 1.82) is 0 Å². The smallest absolute Gasteiger partial charge is 0.341 e. The van der Waals surface area contributed by atoms with Crippen LogP contribution in [0.4, 0.5) is 0 Å². The van der Waals surface area contributed by atoms with E-state index < -0.39 is 5.97 Å². The number of hydrogen-bond donors (Lipinski definition) is 1. The van der Waals surface area contributed by atoms with Crippen molar-refractivity contribution in [3.05, 3.63) is 70.3 Å². The summed E-state index contributed by atoms with van der Waals surface area (Å²) in [4.78, 5) is 25.5. The zero-order valence-electron chi connectivity index (χ0n) is 19.7. The molecule has 1 spiro atoms. The first-order valence-electron chi connectivity index (χ1n) is 12.3. The molecule has 2 saturated carbocycles. The highest BCUT2D eigenvalue weighted by Crippen LogP contribution is 2.69. The lowest BCUT2D eigenvalue weighted by Crippen LogP contribution is -2.28. The van der Waals surface area contributed by atoms with Crippen LogP contribution in [-0.2, 0) is 18.3 Å². The number of para-hydroxylation sites is 1. The maximum absolute atomic E-state index is 12.7. The number of allylic oxidation sites excluding steroid dienone is 2. The number of ether oxygens (including phenoxy) is 1. The van der Waals surface area contributed by atoms with Crippen LogP contribution in [0.2, 0.25) is 0 Å². The van der Waals surface area contributed by atoms with Crippen LogP contribution in [0.3, 0.4) is 0 Å². The van der Waals surface area contributed by atoms with Gasteiger partial charge in [0, 0.05) is 25.0 Å². The van der Waals surface area contributed by atoms with Crippen LogP contribution in [-0.4, -0.2) is 33.5 Å². The van der Waals surface area contributed by atoms with E-state index in [2.05, 4.69) is 22.6 Å². The number of nitrogens with zero attached hydrogens (tertiary/aromatic N) is 3. The Labute approximate surface area is 198 Å². The Morgan fingerprint density at radius 2 is 2.09 bits per heavy atom. The molecule has 0 saturated heterocycles. The fraction of sp³-hybridized carbons (Fsp3) is 0.444. The van der Waals surface area contributed by atoms with E-state index in [1.807, 2.05) is 24.3 Å². The average molecular weight is 459 g/mol. The molecule has 34 heavy (non-hydrogen) atoms. The Bertz CT molecular complexity index is 1360. The molecule has 0 amide bonds. The Balaban J connectivity index is 1.33. The van der Waals surface area contributed by atoms with Crippen LogP contribution in [0, 0.1) is 23.2 Å². The maximum atomic E-state index is 12.7. The molecule has 0 radical (unpaired) electrons. The number of aryl methyl sites for hydroxylation is 1. The molecule has 2 aromatic heterocycles. The molecule has 3 aliphatic carbocycles. The van der Waals surface area contributed by atoms with Gasteiger partial charge in [-0.1, -0.05) is 30.4 Å². The SMILES string of the molecule is CCOC(=O)c1cnn(-c2cc(=O)n(C)c3ccccc23)c1CNC[C@H]1C[C@H]2C=C[C@H]1C21CC1. The van der Waals surface area contributed by atoms with Gasteiger partial charge in [-0.05, 0) is 62.0 Å². The zero-order chi connectivity index (χ0) is 23.4. The van der Waals surface area contributed by atoms with Crippen molar-refractivity contribution in [2.24, 2.45) is 30.2 Å². The van der Waals surface area contributed by atoms with Gasteiger partial charge in [0.15, 0.2) is 0 Å². The molecule has 6 rings (SSSR count). The van der Waals surface area contributed by atoms with Crippen LogP contribution >= 0.6 is 0 Å². The molecule has 0 unspecified atom stereocenters. The molecule has 2 bridgehead atoms. The summed E-state index contributed by atoms with van der Waals surface area (Å²) < 4.78 is 8.66. The Morgan fingerprint density at radius 3 is 2.85 bits per heavy atom. The second kappa shape index (κ2) is 7.94. The molecule has 1 N–H and O–H groups in total. The third-order valence-electron chi connectivity index (χ3n) is 8.27. The molecule has 1 aromatic carbocycles. The minimum absolute atomic E-state index is 0.121. The van der Waals surface area contributed by atoms with E-state index in [0.29, 0.717) is 41.7 Å². The molecule has 7 heteroatoms. The standard InChI is InChI=1S/C27H30N4O3/c1-3-34-26(33)20-15-29-31(23-13-25(32)30(2)22-7-5-4-6-19(22)23)24(20)16-28-14-17-12-18-8-9-21(17)27(18)10-11-27/h4-9,13,15,17-18,21,28H,3,10-12,14,16H2,1-2H3/t17-,18-,21-/m1/s1. The second-order valence-corrected chi connectivity index (χ2v) is 9.96. The van der Waals surface area contributed by atoms with Crippen LogP contribution in [0.15, 0.2) is 53.5 Å². The van der Waals surface area contributed by atoms with Crippen molar-refractivity contribution in [2.45, 2.75) is 32.7 Å². The fourth-order valence-corrected chi connectivity index (χ4v) is 6.43. The molecular formula is C27H30N4O3. The predicted molar refractivity (Wildman–Crippen MR) is 130 cm³/mol. The lowest BCUT2D eigenvalue weighted by atomic mass is 9.89. The zero-order valence-corrected chi connectivity index (χ0v) is 19.7. The number of fused-ring (bicyclic) bond motifs is 1. The Morgan fingerprint density at radius 1 is 1.26 bits per heavy atom. The highest BCUT2D eigenvalue weighted by atomic mass is 16.5. The number of rotatable bonds is 7. The van der Waals surface area contributed by atoms with Crippen LogP contribution < -0.4 is 10.9 Å². The molecule has 176 valence electrons. The third-order valence-corrected chi connectivity index (χ3v) is 8.27. The van der Waals surface area contributed by atoms with Gasteiger partial charge < -0.3 is 14.6 Å². The topological polar surface area (TPSA) is 78.2 Å². The minimum Gasteiger partial charge on any atom is -0.462 e. The summed E-state index contributed by atoms with van der Waals surface area (Å²) >= 11 is 0. The lowest BCUT2D eigenvalue weighted by Gasteiger charge is -2.21. The van der Waals surface area contributed by atoms with Crippen molar-refractivity contribution in [3.63, 3.8) is 0 Å². The van der Waals surface area contributed by atoms with E-state index >= 15 is 0 Å². The highest BCUT2D eigenvalue weighted by molar-refractivity contribution is 5.92. The molecule has 3 aromatic rings. The summed E-state index contributed by atoms with van der Waals surface area (Å²) in [7, 11) is 1.76. The number of benzene rings is 1. The maximum Gasteiger partial charge on any atom is 0.341 e. The number of nitrogens with one attached hydrogen (secondary N) is 1. The normalized spacial score (nSPS) is 23.8. The van der Waals surface area contributed by atoms with Gasteiger partial charge in [-0.3, -0.25) is 4.79 Å². The van der Waals surface area contributed by atoms with Crippen molar-refractivity contribution in [2.75, 3.05) is 13.2 Å². The first-order chi connectivity index (χ1) is 16.5. The third kappa shape index (κ3) is 3.17. The number of aromatic nitrogens is 3. The Hall–Kier alpha value is -3.19. The van der Waals surface area contributed by atoms with Gasteiger partial charge in [0.25, 0.3) is 5.56 Å². The van der Waals surface area contributed by atoms with Gasteiger partial charge in [-0.15, -0.1) is 0 Å². The average Bonchev–Trinajstić information content (AvgIpc) is 3.32. The second-order valence-electron chi connectivity index (χ2n) is 9.96. The predicted octanol–water partition coefficient (Wildman–Crippen LogP) is 3.59. The van der Waals surface area contributed by atoms with Crippen molar-refractivity contribution in [1.82, 2.24) is 19.7 Å². The van der Waals surface area contributed by atoms with Gasteiger partial charge in [0.05, 0.1) is 29.7 Å². The van der Waals surface area contributed by atoms with Crippen LogP contribution in [0.5, 0.6) is 0 Å². The monoisotopic (exact) mass is 458 g/mol. The molecule has 3 aliphatic rings. The van der Waals surface area contributed by atoms with E-state index in [-0.39, 0.29) is 5.56 Å². The first kappa shape index (κ1) is 21.4. The number of pyridine rings is 1. The van der Waals surface area contributed by atoms with Gasteiger partial charge in [-0.2, -0.15) is 5.10 Å². The number of carbonyl (C=O) groups is 1. The van der Waals surface area contributed by atoms with E-state index in [4.69, 9.17) is 4.74 Å². The van der Waals surface area contributed by atoms with E-state index in [1.165, 1.54) is 19.3 Å². The summed E-state index contributed by atoms with van der Waals surface area (Å²) in [5.41, 5.74) is 3.09. The summed E-state index contributed by atoms with van der Waals surface area (Å²) in [5, 5.41) is 9.07. The number of esters is 1. The summed E-state index contributed by atoms with van der Waals surface area (Å²) in [6.07, 6.45) is 10.4. The fourth-order valence-electron chi connectivity index (χ4n) is 6.43. The van der Waals surface area contributed by atoms with Crippen molar-refractivity contribution < 1.29 is 9.53 Å². The first-order valence-corrected chi connectivity index (χ1v) is 12.3. The number of carbonyl (C=O) groups excluding carboxylic acids is 1. The minimum atomic E-state index is -0.390. The largest absolute Gasteiger partial charge is 0.462 e. The molecule has 0 aliphatic heterocycles. The van der Waals surface area contributed by atoms with Crippen molar-refractivity contribution in [3.8, 4) is 5.69 Å². The van der Waals surface area contributed by atoms with E-state index in [9.17, 15) is 9.59 Å². The molecule has 3 atom stereocenters. The van der Waals surface area contributed by atoms with Crippen molar-refractivity contribution >= 4 is 16.9 Å². The van der Waals surface area contributed by atoms with E-state index in [1.54, 1.807) is 35.5 Å². The van der Waals surface area contributed by atoms with Gasteiger partial charge in [0.2, 0.25) is 0 Å². The Kier molecular flexibility index (Phi) is 4.99. The molecule has 2 heterocycles. The lowest BCUT2D eigenvalue weighted by molar-refractivity contribution is 0.0525. The molecular weight excluding hydrogens is 428 g/mol. The molecule has 2 fully saturated rings. The van der Waals surface area contributed by atoms with Gasteiger partial charge in [-0.25, -0.2) is 9.48 Å². The van der Waals surface area contributed by atoms with Gasteiger partial charge >= 0.3 is 5.97 Å². The summed E-state index contributed by atoms with van der Waals surface area (Å²) in [6.45, 7) is 3.47. The summed E-state index contributed by atoms with van der Waals surface area (Å²) in [6, 6.07) is 9.34. The summed E-state index contributed by atoms with van der Waals surface area (Å²) in [5.74, 6) is 1.67. The van der Waals surface area contributed by atoms with E-state index in [0.717, 1.165) is 29.1 Å². The molecule has 7 nitrogen and oxygen atoms in total. The van der Waals surface area contributed by atoms with Crippen LogP contribution in [0.25, 0.3) is 16.6 Å². The quantitative estimate of drug-likeness (QED) is 0.432. The number of hydrogen-bond acceptors (Lipinski definition) is 5. The van der Waals surface area contributed by atoms with Gasteiger partial charge in [0.1, 0.15) is 5.56 Å². The highest BCUT2D eigenvalue weighted by Gasteiger charge is 2.62. The van der Waals surface area contributed by atoms with Crippen LogP contribution in [0.1, 0.15) is 42.2 Å².